The Morgan fingerprint density at radius 1 is 1.50 bits per heavy atom. The fraction of sp³-hybridized carbons (Fsp3) is 0.769. The molecule has 1 aliphatic carbocycles. The molecule has 1 heterocycles. The minimum atomic E-state index is -3.46. The molecular weight excluding hydrogens is 342 g/mol. The topological polar surface area (TPSA) is 55.2 Å². The number of nitrogens with zero attached hydrogens (tertiary/aromatic N) is 3. The van der Waals surface area contributed by atoms with Crippen molar-refractivity contribution in [2.45, 2.75) is 49.5 Å². The van der Waals surface area contributed by atoms with E-state index in [1.54, 1.807) is 13.2 Å². The van der Waals surface area contributed by atoms with Crippen molar-refractivity contribution in [1.29, 1.82) is 0 Å². The highest BCUT2D eigenvalue weighted by molar-refractivity contribution is 9.09. The Hall–Kier alpha value is -0.400. The second kappa shape index (κ2) is 6.15. The van der Waals surface area contributed by atoms with E-state index in [0.29, 0.717) is 17.3 Å². The van der Waals surface area contributed by atoms with Crippen molar-refractivity contribution in [1.82, 2.24) is 13.9 Å². The maximum atomic E-state index is 12.5. The van der Waals surface area contributed by atoms with Crippen molar-refractivity contribution in [2.75, 3.05) is 13.6 Å². The lowest BCUT2D eigenvalue weighted by Crippen LogP contribution is -2.37. The fourth-order valence-corrected chi connectivity index (χ4v) is 4.79. The molecule has 1 fully saturated rings. The highest BCUT2D eigenvalue weighted by Crippen LogP contribution is 2.34. The molecular formula is C13H22BrN3O2S. The zero-order valence-electron chi connectivity index (χ0n) is 12.2. The van der Waals surface area contributed by atoms with Gasteiger partial charge in [-0.2, -0.15) is 4.31 Å². The molecule has 0 spiro atoms. The minimum Gasteiger partial charge on any atom is -0.334 e. The zero-order valence-corrected chi connectivity index (χ0v) is 14.6. The molecule has 0 radical (unpaired) electrons. The molecule has 5 nitrogen and oxygen atoms in total. The molecule has 1 saturated carbocycles. The van der Waals surface area contributed by atoms with Crippen LogP contribution in [0.2, 0.25) is 0 Å². The lowest BCUT2D eigenvalue weighted by atomic mass is 9.85. The van der Waals surface area contributed by atoms with Crippen molar-refractivity contribution in [3.8, 4) is 0 Å². The third-order valence-electron chi connectivity index (χ3n) is 3.79. The van der Waals surface area contributed by atoms with E-state index in [9.17, 15) is 8.42 Å². The smallest absolute Gasteiger partial charge is 0.261 e. The van der Waals surface area contributed by atoms with Gasteiger partial charge in [-0.15, -0.1) is 0 Å². The third kappa shape index (κ3) is 3.26. The summed E-state index contributed by atoms with van der Waals surface area (Å²) in [6.07, 6.45) is 4.70. The largest absolute Gasteiger partial charge is 0.334 e. The molecule has 0 saturated heterocycles. The molecule has 114 valence electrons. The number of alkyl halides is 1. The van der Waals surface area contributed by atoms with Crippen LogP contribution < -0.4 is 0 Å². The molecule has 0 unspecified atom stereocenters. The van der Waals surface area contributed by atoms with Crippen LogP contribution in [0.3, 0.4) is 0 Å². The maximum absolute atomic E-state index is 12.5. The van der Waals surface area contributed by atoms with E-state index >= 15 is 0 Å². The predicted molar refractivity (Wildman–Crippen MR) is 82.5 cm³/mol. The van der Waals surface area contributed by atoms with Crippen LogP contribution in [0.1, 0.15) is 32.0 Å². The van der Waals surface area contributed by atoms with Crippen LogP contribution in [0.4, 0.5) is 0 Å². The van der Waals surface area contributed by atoms with Crippen LogP contribution in [0.5, 0.6) is 0 Å². The number of sulfonamides is 1. The van der Waals surface area contributed by atoms with E-state index in [1.165, 1.54) is 4.31 Å². The Kier molecular flexibility index (Phi) is 4.92. The third-order valence-corrected chi connectivity index (χ3v) is 6.23. The first kappa shape index (κ1) is 16.0. The van der Waals surface area contributed by atoms with E-state index in [4.69, 9.17) is 0 Å². The Labute approximate surface area is 129 Å². The van der Waals surface area contributed by atoms with Crippen LogP contribution in [-0.4, -0.2) is 40.7 Å². The Morgan fingerprint density at radius 3 is 2.70 bits per heavy atom. The number of halogens is 1. The van der Waals surface area contributed by atoms with Crippen molar-refractivity contribution in [3.05, 3.63) is 12.0 Å². The van der Waals surface area contributed by atoms with Gasteiger partial charge in [-0.1, -0.05) is 22.9 Å². The Balaban J connectivity index is 2.10. The molecule has 1 aliphatic rings. The molecule has 1 aromatic heterocycles. The van der Waals surface area contributed by atoms with Crippen molar-refractivity contribution >= 4 is 26.0 Å². The number of aryl methyl sites for hydroxylation is 2. The van der Waals surface area contributed by atoms with Crippen LogP contribution in [0, 0.1) is 12.8 Å². The van der Waals surface area contributed by atoms with E-state index in [0.717, 1.165) is 31.6 Å². The number of imidazole rings is 1. The molecule has 0 aromatic carbocycles. The monoisotopic (exact) mass is 363 g/mol. The van der Waals surface area contributed by atoms with Gasteiger partial charge in [0.15, 0.2) is 5.03 Å². The van der Waals surface area contributed by atoms with E-state index in [1.807, 2.05) is 11.5 Å². The van der Waals surface area contributed by atoms with Gasteiger partial charge in [-0.25, -0.2) is 13.4 Å². The van der Waals surface area contributed by atoms with Gasteiger partial charge in [0.2, 0.25) is 0 Å². The Morgan fingerprint density at radius 2 is 2.15 bits per heavy atom. The fourth-order valence-electron chi connectivity index (χ4n) is 2.50. The predicted octanol–water partition coefficient (Wildman–Crippen LogP) is 2.40. The van der Waals surface area contributed by atoms with Crippen molar-refractivity contribution in [2.24, 2.45) is 5.92 Å². The molecule has 0 aliphatic heterocycles. The summed E-state index contributed by atoms with van der Waals surface area (Å²) in [5.74, 6) is 1.21. The van der Waals surface area contributed by atoms with Gasteiger partial charge in [-0.3, -0.25) is 0 Å². The summed E-state index contributed by atoms with van der Waals surface area (Å²) in [5, 5.41) is 0.167. The van der Waals surface area contributed by atoms with Gasteiger partial charge in [0.1, 0.15) is 5.82 Å². The second-order valence-corrected chi connectivity index (χ2v) is 8.83. The van der Waals surface area contributed by atoms with Gasteiger partial charge < -0.3 is 4.57 Å². The van der Waals surface area contributed by atoms with Gasteiger partial charge >= 0.3 is 0 Å². The zero-order chi connectivity index (χ0) is 14.9. The molecule has 0 N–H and O–H groups in total. The summed E-state index contributed by atoms with van der Waals surface area (Å²) in [5.41, 5.74) is 0. The maximum Gasteiger partial charge on any atom is 0.261 e. The highest BCUT2D eigenvalue weighted by Gasteiger charge is 2.32. The number of aromatic nitrogens is 2. The minimum absolute atomic E-state index is 0.167. The van der Waals surface area contributed by atoms with Gasteiger partial charge in [0.25, 0.3) is 10.0 Å². The van der Waals surface area contributed by atoms with Crippen LogP contribution in [-0.2, 0) is 16.6 Å². The highest BCUT2D eigenvalue weighted by atomic mass is 79.9. The number of hydrogen-bond donors (Lipinski definition) is 0. The summed E-state index contributed by atoms with van der Waals surface area (Å²) < 4.78 is 28.3. The average molecular weight is 364 g/mol. The quantitative estimate of drug-likeness (QED) is 0.729. The number of rotatable bonds is 6. The normalized spacial score (nSPS) is 23.1. The molecule has 7 heteroatoms. The standard InChI is InChI=1S/C13H22BrN3O2S/c1-4-5-17-9-13(15-10(17)2)20(18,19)16(3)8-11-6-12(14)7-11/h9,11-12H,4-8H2,1-3H3. The molecule has 0 bridgehead atoms. The van der Waals surface area contributed by atoms with Crippen molar-refractivity contribution in [3.63, 3.8) is 0 Å². The summed E-state index contributed by atoms with van der Waals surface area (Å²) in [7, 11) is -1.82. The van der Waals surface area contributed by atoms with Crippen LogP contribution in [0.15, 0.2) is 11.2 Å². The second-order valence-electron chi connectivity index (χ2n) is 5.54. The molecule has 0 amide bonds. The molecule has 0 atom stereocenters. The summed E-state index contributed by atoms with van der Waals surface area (Å²) in [6.45, 7) is 5.28. The number of hydrogen-bond acceptors (Lipinski definition) is 3. The van der Waals surface area contributed by atoms with E-state index in [2.05, 4.69) is 27.8 Å². The molecule has 20 heavy (non-hydrogen) atoms. The van der Waals surface area contributed by atoms with Gasteiger partial charge in [0, 0.05) is 31.2 Å². The molecule has 1 aromatic rings. The summed E-state index contributed by atoms with van der Waals surface area (Å²) in [4.78, 5) is 4.76. The van der Waals surface area contributed by atoms with E-state index < -0.39 is 10.0 Å². The summed E-state index contributed by atoms with van der Waals surface area (Å²) in [6, 6.07) is 0. The summed E-state index contributed by atoms with van der Waals surface area (Å²) >= 11 is 3.53. The van der Waals surface area contributed by atoms with Crippen molar-refractivity contribution < 1.29 is 8.42 Å². The average Bonchev–Trinajstić information content (AvgIpc) is 2.70. The lowest BCUT2D eigenvalue weighted by Gasteiger charge is -2.33. The van der Waals surface area contributed by atoms with Gasteiger partial charge in [-0.05, 0) is 32.1 Å². The first-order valence-electron chi connectivity index (χ1n) is 6.98. The SMILES string of the molecule is CCCn1cc(S(=O)(=O)N(C)CC2CC(Br)C2)nc1C. The van der Waals surface area contributed by atoms with Crippen LogP contribution >= 0.6 is 15.9 Å². The molecule has 2 rings (SSSR count). The first-order valence-corrected chi connectivity index (χ1v) is 9.34. The van der Waals surface area contributed by atoms with Crippen LogP contribution in [0.25, 0.3) is 0 Å². The first-order chi connectivity index (χ1) is 9.34. The van der Waals surface area contributed by atoms with E-state index in [-0.39, 0.29) is 5.03 Å². The van der Waals surface area contributed by atoms with Gasteiger partial charge in [0.05, 0.1) is 0 Å². The lowest BCUT2D eigenvalue weighted by molar-refractivity contribution is 0.275. The Bertz CT molecular complexity index is 564.